The average Bonchev–Trinajstić information content (AvgIpc) is 2.38. The summed E-state index contributed by atoms with van der Waals surface area (Å²) < 4.78 is 5.67. The Kier molecular flexibility index (Phi) is 6.63. The number of rotatable bonds is 8. The van der Waals surface area contributed by atoms with Gasteiger partial charge in [0, 0.05) is 18.3 Å². The monoisotopic (exact) mass is 236 g/mol. The van der Waals surface area contributed by atoms with Gasteiger partial charge in [-0.1, -0.05) is 33.1 Å². The quantitative estimate of drug-likeness (QED) is 0.706. The minimum absolute atomic E-state index is 0.543. The zero-order valence-corrected chi connectivity index (χ0v) is 11.0. The van der Waals surface area contributed by atoms with Crippen LogP contribution in [0.1, 0.15) is 50.8 Å². The van der Waals surface area contributed by atoms with Gasteiger partial charge in [0.15, 0.2) is 0 Å². The summed E-state index contributed by atoms with van der Waals surface area (Å²) in [5.41, 5.74) is 7.80. The summed E-state index contributed by atoms with van der Waals surface area (Å²) >= 11 is 0. The van der Waals surface area contributed by atoms with Crippen LogP contribution in [0.5, 0.6) is 5.88 Å². The lowest BCUT2D eigenvalue weighted by molar-refractivity contribution is 0.293. The Bertz CT molecular complexity index is 304. The highest BCUT2D eigenvalue weighted by Gasteiger charge is 2.01. The first-order valence-corrected chi connectivity index (χ1v) is 6.62. The van der Waals surface area contributed by atoms with Gasteiger partial charge in [0.2, 0.25) is 5.88 Å². The van der Waals surface area contributed by atoms with Gasteiger partial charge in [-0.3, -0.25) is 0 Å². The van der Waals surface area contributed by atoms with E-state index in [4.69, 9.17) is 10.5 Å². The second-order valence-electron chi connectivity index (χ2n) is 4.27. The summed E-state index contributed by atoms with van der Waals surface area (Å²) in [5, 5.41) is 0. The van der Waals surface area contributed by atoms with E-state index in [1.807, 2.05) is 12.1 Å². The molecule has 96 valence electrons. The third-order valence-corrected chi connectivity index (χ3v) is 2.76. The molecule has 0 atom stereocenters. The Morgan fingerprint density at radius 1 is 1.18 bits per heavy atom. The van der Waals surface area contributed by atoms with Crippen LogP contribution in [0.2, 0.25) is 0 Å². The topological polar surface area (TPSA) is 48.1 Å². The largest absolute Gasteiger partial charge is 0.478 e. The van der Waals surface area contributed by atoms with Gasteiger partial charge in [0.05, 0.1) is 6.61 Å². The van der Waals surface area contributed by atoms with E-state index in [9.17, 15) is 0 Å². The van der Waals surface area contributed by atoms with Gasteiger partial charge in [-0.05, 0) is 24.5 Å². The maximum atomic E-state index is 5.67. The average molecular weight is 236 g/mol. The molecule has 0 spiro atoms. The van der Waals surface area contributed by atoms with Crippen molar-refractivity contribution in [2.24, 2.45) is 5.73 Å². The van der Waals surface area contributed by atoms with E-state index in [0.717, 1.165) is 36.6 Å². The number of ether oxygens (including phenoxy) is 1. The van der Waals surface area contributed by atoms with Crippen LogP contribution in [-0.4, -0.2) is 11.6 Å². The second-order valence-corrected chi connectivity index (χ2v) is 4.27. The number of hydrogen-bond acceptors (Lipinski definition) is 3. The number of aromatic nitrogens is 1. The molecule has 0 unspecified atom stereocenters. The van der Waals surface area contributed by atoms with Crippen LogP contribution in [0.3, 0.4) is 0 Å². The van der Waals surface area contributed by atoms with Gasteiger partial charge >= 0.3 is 0 Å². The van der Waals surface area contributed by atoms with Crippen molar-refractivity contribution in [2.45, 2.75) is 52.5 Å². The fourth-order valence-corrected chi connectivity index (χ4v) is 1.70. The lowest BCUT2D eigenvalue weighted by Gasteiger charge is -2.08. The van der Waals surface area contributed by atoms with Crippen molar-refractivity contribution in [1.29, 1.82) is 0 Å². The van der Waals surface area contributed by atoms with Gasteiger partial charge in [-0.2, -0.15) is 0 Å². The molecule has 0 aliphatic rings. The van der Waals surface area contributed by atoms with Gasteiger partial charge in [-0.15, -0.1) is 0 Å². The van der Waals surface area contributed by atoms with Gasteiger partial charge in [0.25, 0.3) is 0 Å². The number of unbranched alkanes of at least 4 members (excludes halogenated alkanes) is 3. The highest BCUT2D eigenvalue weighted by molar-refractivity contribution is 5.25. The number of aryl methyl sites for hydroxylation is 1. The molecule has 0 aliphatic heterocycles. The van der Waals surface area contributed by atoms with Crippen LogP contribution in [0.4, 0.5) is 0 Å². The van der Waals surface area contributed by atoms with Gasteiger partial charge in [0.1, 0.15) is 0 Å². The van der Waals surface area contributed by atoms with Crippen molar-refractivity contribution in [3.63, 3.8) is 0 Å². The summed E-state index contributed by atoms with van der Waals surface area (Å²) in [6, 6.07) is 3.99. The van der Waals surface area contributed by atoms with E-state index < -0.39 is 0 Å². The molecule has 1 aromatic rings. The number of nitrogens with two attached hydrogens (primary N) is 1. The molecule has 17 heavy (non-hydrogen) atoms. The number of pyridine rings is 1. The minimum Gasteiger partial charge on any atom is -0.478 e. The molecule has 0 aliphatic carbocycles. The standard InChI is InChI=1S/C14H24N2O/c1-3-5-6-7-8-17-14-10-12(11-15)9-13(4-2)16-14/h9-10H,3-8,11,15H2,1-2H3. The van der Waals surface area contributed by atoms with Crippen LogP contribution in [0.25, 0.3) is 0 Å². The fourth-order valence-electron chi connectivity index (χ4n) is 1.70. The van der Waals surface area contributed by atoms with E-state index in [1.54, 1.807) is 0 Å². The smallest absolute Gasteiger partial charge is 0.213 e. The third kappa shape index (κ3) is 5.18. The predicted molar refractivity (Wildman–Crippen MR) is 71.1 cm³/mol. The Hall–Kier alpha value is -1.09. The van der Waals surface area contributed by atoms with Crippen molar-refractivity contribution in [1.82, 2.24) is 4.98 Å². The molecule has 0 saturated carbocycles. The molecule has 0 radical (unpaired) electrons. The van der Waals surface area contributed by atoms with Crippen LogP contribution in [0, 0.1) is 0 Å². The Labute approximate surface area is 104 Å². The van der Waals surface area contributed by atoms with Crippen LogP contribution < -0.4 is 10.5 Å². The highest BCUT2D eigenvalue weighted by Crippen LogP contribution is 2.13. The summed E-state index contributed by atoms with van der Waals surface area (Å²) in [5.74, 6) is 0.723. The van der Waals surface area contributed by atoms with Crippen LogP contribution >= 0.6 is 0 Å². The molecule has 3 heteroatoms. The van der Waals surface area contributed by atoms with Crippen molar-refractivity contribution >= 4 is 0 Å². The zero-order chi connectivity index (χ0) is 12.5. The normalized spacial score (nSPS) is 10.5. The molecule has 1 rings (SSSR count). The molecule has 0 amide bonds. The molecule has 1 heterocycles. The lowest BCUT2D eigenvalue weighted by Crippen LogP contribution is -2.04. The molecular formula is C14H24N2O. The molecule has 2 N–H and O–H groups in total. The van der Waals surface area contributed by atoms with E-state index >= 15 is 0 Å². The highest BCUT2D eigenvalue weighted by atomic mass is 16.5. The maximum Gasteiger partial charge on any atom is 0.213 e. The first-order chi connectivity index (χ1) is 8.30. The van der Waals surface area contributed by atoms with E-state index in [0.29, 0.717) is 6.54 Å². The SMILES string of the molecule is CCCCCCOc1cc(CN)cc(CC)n1. The fraction of sp³-hybridized carbons (Fsp3) is 0.643. The molecule has 0 saturated heterocycles. The molecule has 3 nitrogen and oxygen atoms in total. The van der Waals surface area contributed by atoms with E-state index in [2.05, 4.69) is 18.8 Å². The van der Waals surface area contributed by atoms with Crippen molar-refractivity contribution in [3.05, 3.63) is 23.4 Å². The Morgan fingerprint density at radius 2 is 2.00 bits per heavy atom. The summed E-state index contributed by atoms with van der Waals surface area (Å²) in [7, 11) is 0. The second kappa shape index (κ2) is 8.07. The predicted octanol–water partition coefficient (Wildman–Crippen LogP) is 3.06. The third-order valence-electron chi connectivity index (χ3n) is 2.76. The zero-order valence-electron chi connectivity index (χ0n) is 11.0. The van der Waals surface area contributed by atoms with E-state index in [-0.39, 0.29) is 0 Å². The first kappa shape index (κ1) is 14.0. The molecule has 0 fully saturated rings. The number of hydrogen-bond donors (Lipinski definition) is 1. The summed E-state index contributed by atoms with van der Waals surface area (Å²) in [4.78, 5) is 4.44. The molecular weight excluding hydrogens is 212 g/mol. The molecule has 0 aromatic carbocycles. The van der Waals surface area contributed by atoms with E-state index in [1.165, 1.54) is 19.3 Å². The summed E-state index contributed by atoms with van der Waals surface area (Å²) in [6.07, 6.45) is 5.78. The van der Waals surface area contributed by atoms with Crippen LogP contribution in [-0.2, 0) is 13.0 Å². The summed E-state index contributed by atoms with van der Waals surface area (Å²) in [6.45, 7) is 5.60. The Balaban J connectivity index is 2.46. The maximum absolute atomic E-state index is 5.67. The Morgan fingerprint density at radius 3 is 2.65 bits per heavy atom. The van der Waals surface area contributed by atoms with Crippen molar-refractivity contribution in [3.8, 4) is 5.88 Å². The first-order valence-electron chi connectivity index (χ1n) is 6.62. The molecule has 0 bridgehead atoms. The lowest BCUT2D eigenvalue weighted by atomic mass is 10.2. The van der Waals surface area contributed by atoms with Crippen molar-refractivity contribution < 1.29 is 4.74 Å². The minimum atomic E-state index is 0.543. The molecule has 1 aromatic heterocycles. The van der Waals surface area contributed by atoms with Crippen LogP contribution in [0.15, 0.2) is 12.1 Å². The van der Waals surface area contributed by atoms with Gasteiger partial charge in [-0.25, -0.2) is 4.98 Å². The van der Waals surface area contributed by atoms with Gasteiger partial charge < -0.3 is 10.5 Å². The number of nitrogens with zero attached hydrogens (tertiary/aromatic N) is 1. The van der Waals surface area contributed by atoms with Crippen molar-refractivity contribution in [2.75, 3.05) is 6.61 Å².